The van der Waals surface area contributed by atoms with Gasteiger partial charge < -0.3 is 5.73 Å². The van der Waals surface area contributed by atoms with Gasteiger partial charge in [0, 0.05) is 24.3 Å². The van der Waals surface area contributed by atoms with E-state index in [0.717, 1.165) is 13.0 Å². The summed E-state index contributed by atoms with van der Waals surface area (Å²) < 4.78 is 2.00. The molecule has 1 aromatic rings. The van der Waals surface area contributed by atoms with Crippen molar-refractivity contribution in [2.75, 3.05) is 13.1 Å². The summed E-state index contributed by atoms with van der Waals surface area (Å²) in [5.41, 5.74) is 8.31. The summed E-state index contributed by atoms with van der Waals surface area (Å²) in [5, 5.41) is 4.40. The molecule has 2 aliphatic rings. The SMILES string of the molecule is CCn1cc(CC(N)C2(N3CCCCC3)CCCC2)cn1. The Morgan fingerprint density at radius 3 is 2.52 bits per heavy atom. The minimum atomic E-state index is 0.243. The Morgan fingerprint density at radius 2 is 1.90 bits per heavy atom. The Morgan fingerprint density at radius 1 is 1.19 bits per heavy atom. The third kappa shape index (κ3) is 3.02. The topological polar surface area (TPSA) is 47.1 Å². The van der Waals surface area contributed by atoms with Gasteiger partial charge in [0.2, 0.25) is 0 Å². The fourth-order valence-electron chi connectivity index (χ4n) is 4.38. The molecule has 0 amide bonds. The number of likely N-dealkylation sites (tertiary alicyclic amines) is 1. The Hall–Kier alpha value is -0.870. The van der Waals surface area contributed by atoms with Gasteiger partial charge in [0.05, 0.1) is 6.20 Å². The van der Waals surface area contributed by atoms with Crippen LogP contribution in [0.1, 0.15) is 57.4 Å². The van der Waals surface area contributed by atoms with Crippen LogP contribution in [-0.2, 0) is 13.0 Å². The van der Waals surface area contributed by atoms with Crippen molar-refractivity contribution >= 4 is 0 Å². The van der Waals surface area contributed by atoms with Crippen LogP contribution in [0.25, 0.3) is 0 Å². The van der Waals surface area contributed by atoms with Gasteiger partial charge in [0.15, 0.2) is 0 Å². The highest BCUT2D eigenvalue weighted by atomic mass is 15.3. The second kappa shape index (κ2) is 6.49. The van der Waals surface area contributed by atoms with Crippen LogP contribution in [0.4, 0.5) is 0 Å². The Bertz CT molecular complexity index is 441. The zero-order valence-electron chi connectivity index (χ0n) is 13.4. The molecule has 0 aromatic carbocycles. The molecule has 1 saturated heterocycles. The lowest BCUT2D eigenvalue weighted by molar-refractivity contribution is 0.0482. The molecule has 4 nitrogen and oxygen atoms in total. The first-order valence-electron chi connectivity index (χ1n) is 8.76. The molecule has 1 saturated carbocycles. The number of aromatic nitrogens is 2. The normalized spacial score (nSPS) is 24.3. The number of rotatable bonds is 5. The molecule has 0 radical (unpaired) electrons. The van der Waals surface area contributed by atoms with E-state index in [9.17, 15) is 0 Å². The van der Waals surface area contributed by atoms with Crippen molar-refractivity contribution in [2.45, 2.75) is 76.4 Å². The van der Waals surface area contributed by atoms with Crippen molar-refractivity contribution in [3.8, 4) is 0 Å². The van der Waals surface area contributed by atoms with Crippen molar-refractivity contribution in [2.24, 2.45) is 5.73 Å². The molecule has 1 aliphatic carbocycles. The van der Waals surface area contributed by atoms with Crippen molar-refractivity contribution in [1.29, 1.82) is 0 Å². The van der Waals surface area contributed by atoms with Crippen molar-refractivity contribution in [1.82, 2.24) is 14.7 Å². The highest BCUT2D eigenvalue weighted by Crippen LogP contribution is 2.39. The highest BCUT2D eigenvalue weighted by Gasteiger charge is 2.44. The molecule has 1 unspecified atom stereocenters. The molecule has 3 rings (SSSR count). The van der Waals surface area contributed by atoms with E-state index in [-0.39, 0.29) is 11.6 Å². The quantitative estimate of drug-likeness (QED) is 0.906. The van der Waals surface area contributed by atoms with Crippen LogP contribution < -0.4 is 5.73 Å². The molecule has 2 N–H and O–H groups in total. The van der Waals surface area contributed by atoms with Crippen LogP contribution in [0.2, 0.25) is 0 Å². The van der Waals surface area contributed by atoms with Gasteiger partial charge in [-0.15, -0.1) is 0 Å². The second-order valence-electron chi connectivity index (χ2n) is 6.87. The van der Waals surface area contributed by atoms with Gasteiger partial charge in [-0.1, -0.05) is 19.3 Å². The average Bonchev–Trinajstić information content (AvgIpc) is 3.18. The van der Waals surface area contributed by atoms with E-state index in [1.165, 1.54) is 63.6 Å². The summed E-state index contributed by atoms with van der Waals surface area (Å²) in [6, 6.07) is 0.243. The maximum atomic E-state index is 6.75. The van der Waals surface area contributed by atoms with Gasteiger partial charge in [0.1, 0.15) is 0 Å². The largest absolute Gasteiger partial charge is 0.326 e. The van der Waals surface area contributed by atoms with Crippen LogP contribution in [-0.4, -0.2) is 39.4 Å². The van der Waals surface area contributed by atoms with Gasteiger partial charge in [-0.25, -0.2) is 0 Å². The minimum absolute atomic E-state index is 0.243. The molecule has 1 aromatic heterocycles. The molecule has 1 aliphatic heterocycles. The predicted octanol–water partition coefficient (Wildman–Crippen LogP) is 2.57. The van der Waals surface area contributed by atoms with Crippen LogP contribution in [0.5, 0.6) is 0 Å². The van der Waals surface area contributed by atoms with Crippen LogP contribution >= 0.6 is 0 Å². The van der Waals surface area contributed by atoms with Crippen LogP contribution in [0.3, 0.4) is 0 Å². The average molecular weight is 290 g/mol. The number of hydrogen-bond donors (Lipinski definition) is 1. The molecule has 2 fully saturated rings. The summed E-state index contributed by atoms with van der Waals surface area (Å²) in [7, 11) is 0. The molecule has 4 heteroatoms. The number of nitrogens with two attached hydrogens (primary N) is 1. The zero-order valence-corrected chi connectivity index (χ0v) is 13.4. The predicted molar refractivity (Wildman–Crippen MR) is 86.2 cm³/mol. The lowest BCUT2D eigenvalue weighted by atomic mass is 9.82. The summed E-state index contributed by atoms with van der Waals surface area (Å²) in [6.45, 7) is 5.57. The molecule has 2 heterocycles. The molecule has 0 bridgehead atoms. The van der Waals surface area contributed by atoms with Crippen molar-refractivity contribution < 1.29 is 0 Å². The summed E-state index contributed by atoms with van der Waals surface area (Å²) in [4.78, 5) is 2.73. The Kier molecular flexibility index (Phi) is 4.65. The van der Waals surface area contributed by atoms with Gasteiger partial charge in [-0.3, -0.25) is 9.58 Å². The Balaban J connectivity index is 1.73. The summed E-state index contributed by atoms with van der Waals surface area (Å²) >= 11 is 0. The highest BCUT2D eigenvalue weighted by molar-refractivity contribution is 5.12. The van der Waals surface area contributed by atoms with Crippen molar-refractivity contribution in [3.05, 3.63) is 18.0 Å². The third-order valence-electron chi connectivity index (χ3n) is 5.61. The Labute approximate surface area is 128 Å². The van der Waals surface area contributed by atoms with Crippen LogP contribution in [0, 0.1) is 0 Å². The number of hydrogen-bond acceptors (Lipinski definition) is 3. The fourth-order valence-corrected chi connectivity index (χ4v) is 4.38. The lowest BCUT2D eigenvalue weighted by Gasteiger charge is -2.47. The standard InChI is InChI=1S/C17H30N4/c1-2-21-14-15(13-19-21)12-16(18)17(8-4-5-9-17)20-10-6-3-7-11-20/h13-14,16H,2-12,18H2,1H3. The minimum Gasteiger partial charge on any atom is -0.326 e. The van der Waals surface area contributed by atoms with E-state index < -0.39 is 0 Å². The second-order valence-corrected chi connectivity index (χ2v) is 6.87. The third-order valence-corrected chi connectivity index (χ3v) is 5.61. The molecule has 0 spiro atoms. The van der Waals surface area contributed by atoms with E-state index in [1.807, 2.05) is 10.9 Å². The van der Waals surface area contributed by atoms with Gasteiger partial charge in [0.25, 0.3) is 0 Å². The van der Waals surface area contributed by atoms with E-state index in [4.69, 9.17) is 5.73 Å². The van der Waals surface area contributed by atoms with Crippen LogP contribution in [0.15, 0.2) is 12.4 Å². The zero-order chi connectivity index (χ0) is 14.7. The maximum Gasteiger partial charge on any atom is 0.0522 e. The fraction of sp³-hybridized carbons (Fsp3) is 0.824. The smallest absolute Gasteiger partial charge is 0.0522 e. The monoisotopic (exact) mass is 290 g/mol. The first kappa shape index (κ1) is 15.0. The number of piperidine rings is 1. The summed E-state index contributed by atoms with van der Waals surface area (Å²) in [5.74, 6) is 0. The molecular formula is C17H30N4. The molecular weight excluding hydrogens is 260 g/mol. The number of nitrogens with zero attached hydrogens (tertiary/aromatic N) is 3. The maximum absolute atomic E-state index is 6.75. The van der Waals surface area contributed by atoms with Crippen molar-refractivity contribution in [3.63, 3.8) is 0 Å². The molecule has 1 atom stereocenters. The van der Waals surface area contributed by atoms with Gasteiger partial charge in [-0.05, 0) is 57.7 Å². The van der Waals surface area contributed by atoms with Gasteiger partial charge >= 0.3 is 0 Å². The van der Waals surface area contributed by atoms with Gasteiger partial charge in [-0.2, -0.15) is 5.10 Å². The van der Waals surface area contributed by atoms with E-state index in [2.05, 4.69) is 23.1 Å². The van der Waals surface area contributed by atoms with E-state index >= 15 is 0 Å². The first-order chi connectivity index (χ1) is 10.2. The molecule has 118 valence electrons. The summed E-state index contributed by atoms with van der Waals surface area (Å²) in [6.07, 6.45) is 14.5. The molecule has 21 heavy (non-hydrogen) atoms. The number of aryl methyl sites for hydroxylation is 1. The lowest BCUT2D eigenvalue weighted by Crippen LogP contribution is -2.60. The first-order valence-corrected chi connectivity index (χ1v) is 8.76. The van der Waals surface area contributed by atoms with E-state index in [0.29, 0.717) is 0 Å². The van der Waals surface area contributed by atoms with E-state index in [1.54, 1.807) is 0 Å².